The van der Waals surface area contributed by atoms with Gasteiger partial charge in [-0.25, -0.2) is 0 Å². The van der Waals surface area contributed by atoms with Gasteiger partial charge in [-0.3, -0.25) is 9.69 Å². The number of amides is 1. The van der Waals surface area contributed by atoms with Crippen molar-refractivity contribution < 1.29 is 4.79 Å². The zero-order valence-electron chi connectivity index (χ0n) is 17.9. The Balaban J connectivity index is 1.56. The highest BCUT2D eigenvalue weighted by Gasteiger charge is 2.26. The Bertz CT molecular complexity index is 895. The average molecular weight is 471 g/mol. The van der Waals surface area contributed by atoms with Crippen LogP contribution in [0.15, 0.2) is 46.9 Å². The predicted octanol–water partition coefficient (Wildman–Crippen LogP) is 3.55. The SMILES string of the molecule is CN1CCN(C(CNC(=O)c2ccccc2Br)c2ccc3c(c2)CCCN3C)CC1. The van der Waals surface area contributed by atoms with Crippen molar-refractivity contribution in [1.82, 2.24) is 15.1 Å². The number of hydrogen-bond acceptors (Lipinski definition) is 4. The maximum atomic E-state index is 12.8. The first-order chi connectivity index (χ1) is 14.5. The fourth-order valence-electron chi connectivity index (χ4n) is 4.53. The lowest BCUT2D eigenvalue weighted by Gasteiger charge is -2.39. The fourth-order valence-corrected chi connectivity index (χ4v) is 5.00. The van der Waals surface area contributed by atoms with Crippen LogP contribution in [0.1, 0.15) is 33.9 Å². The van der Waals surface area contributed by atoms with E-state index in [2.05, 4.69) is 68.2 Å². The molecule has 0 aromatic heterocycles. The second-order valence-electron chi connectivity index (χ2n) is 8.46. The van der Waals surface area contributed by atoms with Crippen molar-refractivity contribution in [1.29, 1.82) is 0 Å². The van der Waals surface area contributed by atoms with Gasteiger partial charge in [0.05, 0.1) is 11.6 Å². The van der Waals surface area contributed by atoms with E-state index in [0.717, 1.165) is 43.6 Å². The van der Waals surface area contributed by atoms with Crippen LogP contribution in [0.5, 0.6) is 0 Å². The molecule has 0 saturated carbocycles. The summed E-state index contributed by atoms with van der Waals surface area (Å²) in [5.74, 6) is -0.0284. The summed E-state index contributed by atoms with van der Waals surface area (Å²) in [6.45, 7) is 5.88. The summed E-state index contributed by atoms with van der Waals surface area (Å²) in [5, 5.41) is 3.20. The number of anilines is 1. The second-order valence-corrected chi connectivity index (χ2v) is 9.31. The zero-order valence-corrected chi connectivity index (χ0v) is 19.5. The number of aryl methyl sites for hydroxylation is 1. The standard InChI is InChI=1S/C24H31BrN4O/c1-27-12-14-29(15-13-27)23(17-26-24(30)20-7-3-4-8-21(20)25)19-9-10-22-18(16-19)6-5-11-28(22)2/h3-4,7-10,16,23H,5-6,11-15,17H2,1-2H3,(H,26,30). The van der Waals surface area contributed by atoms with Gasteiger partial charge in [0, 0.05) is 56.5 Å². The molecule has 0 aliphatic carbocycles. The normalized spacial score (nSPS) is 18.7. The van der Waals surface area contributed by atoms with Crippen LogP contribution < -0.4 is 10.2 Å². The summed E-state index contributed by atoms with van der Waals surface area (Å²) in [7, 11) is 4.35. The Morgan fingerprint density at radius 3 is 2.60 bits per heavy atom. The third kappa shape index (κ3) is 4.71. The minimum absolute atomic E-state index is 0.0284. The van der Waals surface area contributed by atoms with E-state index in [1.807, 2.05) is 24.3 Å². The van der Waals surface area contributed by atoms with Crippen LogP contribution in [0, 0.1) is 0 Å². The molecule has 5 nitrogen and oxygen atoms in total. The maximum Gasteiger partial charge on any atom is 0.252 e. The third-order valence-corrected chi connectivity index (χ3v) is 7.08. The van der Waals surface area contributed by atoms with Crippen LogP contribution in [0.3, 0.4) is 0 Å². The van der Waals surface area contributed by atoms with Crippen LogP contribution in [-0.4, -0.2) is 69.1 Å². The summed E-state index contributed by atoms with van der Waals surface area (Å²) >= 11 is 3.50. The highest BCUT2D eigenvalue weighted by molar-refractivity contribution is 9.10. The number of piperazine rings is 1. The second kappa shape index (κ2) is 9.50. The molecule has 1 atom stereocenters. The van der Waals surface area contributed by atoms with Crippen LogP contribution in [0.2, 0.25) is 0 Å². The maximum absolute atomic E-state index is 12.8. The first kappa shape index (κ1) is 21.3. The van der Waals surface area contributed by atoms with Gasteiger partial charge in [-0.15, -0.1) is 0 Å². The molecular formula is C24H31BrN4O. The minimum atomic E-state index is -0.0284. The van der Waals surface area contributed by atoms with Gasteiger partial charge in [-0.2, -0.15) is 0 Å². The average Bonchev–Trinajstić information content (AvgIpc) is 2.75. The highest BCUT2D eigenvalue weighted by Crippen LogP contribution is 2.31. The number of carbonyl (C=O) groups excluding carboxylic acids is 1. The lowest BCUT2D eigenvalue weighted by molar-refractivity contribution is 0.0885. The van der Waals surface area contributed by atoms with Crippen molar-refractivity contribution in [2.75, 3.05) is 58.3 Å². The number of fused-ring (bicyclic) bond motifs is 1. The molecule has 2 aromatic carbocycles. The van der Waals surface area contributed by atoms with Gasteiger partial charge in [0.2, 0.25) is 0 Å². The summed E-state index contributed by atoms with van der Waals surface area (Å²) < 4.78 is 0.829. The Morgan fingerprint density at radius 2 is 1.83 bits per heavy atom. The van der Waals surface area contributed by atoms with E-state index in [1.54, 1.807) is 0 Å². The van der Waals surface area contributed by atoms with Gasteiger partial charge in [-0.05, 0) is 65.1 Å². The third-order valence-electron chi connectivity index (χ3n) is 6.39. The van der Waals surface area contributed by atoms with E-state index in [4.69, 9.17) is 0 Å². The number of nitrogens with one attached hydrogen (secondary N) is 1. The number of likely N-dealkylation sites (N-methyl/N-ethyl adjacent to an activating group) is 1. The van der Waals surface area contributed by atoms with E-state index in [0.29, 0.717) is 12.1 Å². The van der Waals surface area contributed by atoms with E-state index >= 15 is 0 Å². The van der Waals surface area contributed by atoms with Crippen molar-refractivity contribution in [3.8, 4) is 0 Å². The minimum Gasteiger partial charge on any atom is -0.374 e. The molecular weight excluding hydrogens is 440 g/mol. The van der Waals surface area contributed by atoms with Crippen molar-refractivity contribution in [3.05, 3.63) is 63.6 Å². The number of benzene rings is 2. The van der Waals surface area contributed by atoms with Crippen LogP contribution in [-0.2, 0) is 6.42 Å². The fraction of sp³-hybridized carbons (Fsp3) is 0.458. The Kier molecular flexibility index (Phi) is 6.76. The van der Waals surface area contributed by atoms with Crippen LogP contribution in [0.25, 0.3) is 0 Å². The Morgan fingerprint density at radius 1 is 1.07 bits per heavy atom. The molecule has 30 heavy (non-hydrogen) atoms. The van der Waals surface area contributed by atoms with Crippen molar-refractivity contribution in [2.45, 2.75) is 18.9 Å². The van der Waals surface area contributed by atoms with Crippen molar-refractivity contribution in [2.24, 2.45) is 0 Å². The van der Waals surface area contributed by atoms with Crippen molar-refractivity contribution >= 4 is 27.5 Å². The molecule has 1 unspecified atom stereocenters. The molecule has 4 rings (SSSR count). The van der Waals surface area contributed by atoms with Gasteiger partial charge >= 0.3 is 0 Å². The quantitative estimate of drug-likeness (QED) is 0.724. The topological polar surface area (TPSA) is 38.8 Å². The molecule has 2 aliphatic heterocycles. The zero-order chi connectivity index (χ0) is 21.1. The lowest BCUT2D eigenvalue weighted by atomic mass is 9.95. The summed E-state index contributed by atoms with van der Waals surface area (Å²) in [4.78, 5) is 20.1. The van der Waals surface area contributed by atoms with E-state index in [1.165, 1.54) is 23.2 Å². The smallest absolute Gasteiger partial charge is 0.252 e. The number of halogens is 1. The molecule has 2 aliphatic rings. The molecule has 2 aromatic rings. The molecule has 1 saturated heterocycles. The summed E-state index contributed by atoms with van der Waals surface area (Å²) in [6, 6.07) is 14.7. The largest absolute Gasteiger partial charge is 0.374 e. The first-order valence-corrected chi connectivity index (χ1v) is 11.6. The molecule has 1 N–H and O–H groups in total. The van der Waals surface area contributed by atoms with Gasteiger partial charge in [0.15, 0.2) is 0 Å². The van der Waals surface area contributed by atoms with Gasteiger partial charge in [-0.1, -0.05) is 24.3 Å². The summed E-state index contributed by atoms with van der Waals surface area (Å²) in [5.41, 5.74) is 4.76. The summed E-state index contributed by atoms with van der Waals surface area (Å²) in [6.07, 6.45) is 2.33. The molecule has 6 heteroatoms. The molecule has 1 fully saturated rings. The van der Waals surface area contributed by atoms with Gasteiger partial charge < -0.3 is 15.1 Å². The number of nitrogens with zero attached hydrogens (tertiary/aromatic N) is 3. The van der Waals surface area contributed by atoms with Crippen LogP contribution >= 0.6 is 15.9 Å². The molecule has 1 amide bonds. The van der Waals surface area contributed by atoms with E-state index in [9.17, 15) is 4.79 Å². The molecule has 0 spiro atoms. The van der Waals surface area contributed by atoms with Crippen LogP contribution in [0.4, 0.5) is 5.69 Å². The van der Waals surface area contributed by atoms with Crippen molar-refractivity contribution in [3.63, 3.8) is 0 Å². The van der Waals surface area contributed by atoms with Gasteiger partial charge in [0.25, 0.3) is 5.91 Å². The number of rotatable bonds is 5. The monoisotopic (exact) mass is 470 g/mol. The first-order valence-electron chi connectivity index (χ1n) is 10.8. The Hall–Kier alpha value is -1.89. The molecule has 2 heterocycles. The molecule has 0 bridgehead atoms. The highest BCUT2D eigenvalue weighted by atomic mass is 79.9. The van der Waals surface area contributed by atoms with E-state index in [-0.39, 0.29) is 11.9 Å². The lowest BCUT2D eigenvalue weighted by Crippen LogP contribution is -2.48. The Labute approximate surface area is 188 Å². The predicted molar refractivity (Wildman–Crippen MR) is 126 cm³/mol. The number of carbonyl (C=O) groups is 1. The molecule has 0 radical (unpaired) electrons. The number of hydrogen-bond donors (Lipinski definition) is 1. The van der Waals surface area contributed by atoms with Gasteiger partial charge in [0.1, 0.15) is 0 Å². The van der Waals surface area contributed by atoms with E-state index < -0.39 is 0 Å². The molecule has 160 valence electrons.